The van der Waals surface area contributed by atoms with Crippen molar-refractivity contribution >= 4 is 29.4 Å². The molecule has 1 saturated heterocycles. The van der Waals surface area contributed by atoms with E-state index >= 15 is 0 Å². The number of morpholine rings is 1. The monoisotopic (exact) mass is 553 g/mol. The van der Waals surface area contributed by atoms with Gasteiger partial charge in [0.25, 0.3) is 0 Å². The maximum Gasteiger partial charge on any atom is 0.417 e. The molecule has 2 aromatic carbocycles. The van der Waals surface area contributed by atoms with Crippen LogP contribution in [0.5, 0.6) is 5.75 Å². The van der Waals surface area contributed by atoms with Gasteiger partial charge in [-0.05, 0) is 74.7 Å². The predicted octanol–water partition coefficient (Wildman–Crippen LogP) is 6.55. The molecule has 1 saturated carbocycles. The molecule has 0 unspecified atom stereocenters. The fraction of sp³-hybridized carbons (Fsp3) is 0.290. The van der Waals surface area contributed by atoms with E-state index in [-0.39, 0.29) is 10.8 Å². The lowest BCUT2D eigenvalue weighted by molar-refractivity contribution is 0.0985. The number of ether oxygens (including phenoxy) is 2. The summed E-state index contributed by atoms with van der Waals surface area (Å²) in [7, 11) is 0. The number of benzene rings is 2. The Morgan fingerprint density at radius 3 is 2.55 bits per heavy atom. The Morgan fingerprint density at radius 1 is 1.05 bits per heavy atom. The molecule has 9 heteroatoms. The molecule has 6 rings (SSSR count). The summed E-state index contributed by atoms with van der Waals surface area (Å²) in [5.74, 6) is 2.06. The van der Waals surface area contributed by atoms with Crippen molar-refractivity contribution in [3.05, 3.63) is 90.8 Å². The van der Waals surface area contributed by atoms with Gasteiger partial charge >= 0.3 is 6.09 Å². The van der Waals surface area contributed by atoms with E-state index in [1.807, 2.05) is 60.8 Å². The van der Waals surface area contributed by atoms with Gasteiger partial charge < -0.3 is 14.4 Å². The fourth-order valence-electron chi connectivity index (χ4n) is 4.97. The van der Waals surface area contributed by atoms with Crippen molar-refractivity contribution in [1.82, 2.24) is 15.0 Å². The molecule has 1 N–H and O–H groups in total. The van der Waals surface area contributed by atoms with E-state index in [4.69, 9.17) is 19.4 Å². The van der Waals surface area contributed by atoms with Crippen molar-refractivity contribution in [2.75, 3.05) is 30.0 Å². The van der Waals surface area contributed by atoms with E-state index in [2.05, 4.69) is 34.3 Å². The maximum atomic E-state index is 12.4. The number of hydrogen-bond donors (Lipinski definition) is 1. The molecule has 0 spiro atoms. The number of carbonyl (C=O) groups is 1. The summed E-state index contributed by atoms with van der Waals surface area (Å²) in [6.07, 6.45) is 4.53. The number of pyridine rings is 1. The molecule has 1 atom stereocenters. The van der Waals surface area contributed by atoms with Gasteiger partial charge in [-0.1, -0.05) is 36.0 Å². The van der Waals surface area contributed by atoms with Crippen molar-refractivity contribution in [3.63, 3.8) is 0 Å². The number of nitrogens with zero attached hydrogens (tertiary/aromatic N) is 4. The van der Waals surface area contributed by atoms with Gasteiger partial charge in [0.2, 0.25) is 0 Å². The number of aromatic nitrogens is 3. The molecule has 40 heavy (non-hydrogen) atoms. The minimum atomic E-state index is -0.542. The van der Waals surface area contributed by atoms with Crippen LogP contribution < -0.4 is 15.0 Å². The van der Waals surface area contributed by atoms with E-state index in [9.17, 15) is 4.79 Å². The van der Waals surface area contributed by atoms with Gasteiger partial charge in [-0.2, -0.15) is 0 Å². The number of hydrogen-bond acceptors (Lipinski definition) is 8. The Hall–Kier alpha value is -3.95. The first-order valence-corrected chi connectivity index (χ1v) is 14.4. The molecule has 0 radical (unpaired) electrons. The summed E-state index contributed by atoms with van der Waals surface area (Å²) in [4.78, 5) is 29.4. The minimum absolute atomic E-state index is 0.140. The number of anilines is 2. The van der Waals surface area contributed by atoms with Gasteiger partial charge in [0, 0.05) is 30.1 Å². The Bertz CT molecular complexity index is 1450. The highest BCUT2D eigenvalue weighted by molar-refractivity contribution is 8.00. The predicted molar refractivity (Wildman–Crippen MR) is 157 cm³/mol. The quantitative estimate of drug-likeness (QED) is 0.276. The van der Waals surface area contributed by atoms with Gasteiger partial charge in [0.1, 0.15) is 11.6 Å². The second-order valence-corrected chi connectivity index (χ2v) is 11.5. The largest absolute Gasteiger partial charge is 0.417 e. The second-order valence-electron chi connectivity index (χ2n) is 10.1. The molecule has 2 aromatic heterocycles. The van der Waals surface area contributed by atoms with Gasteiger partial charge in [0.05, 0.1) is 34.7 Å². The molecule has 4 aromatic rings. The van der Waals surface area contributed by atoms with Gasteiger partial charge in [-0.15, -0.1) is 0 Å². The van der Waals surface area contributed by atoms with Crippen molar-refractivity contribution in [2.24, 2.45) is 0 Å². The first-order valence-electron chi connectivity index (χ1n) is 13.6. The number of thioether (sulfide) groups is 1. The normalized spacial score (nSPS) is 18.0. The Balaban J connectivity index is 1.29. The van der Waals surface area contributed by atoms with Crippen LogP contribution in [0.4, 0.5) is 16.3 Å². The highest BCUT2D eigenvalue weighted by Crippen LogP contribution is 2.54. The number of rotatable bonds is 7. The molecule has 204 valence electrons. The lowest BCUT2D eigenvalue weighted by Crippen LogP contribution is -2.44. The molecular formula is C31H31N5O3S. The summed E-state index contributed by atoms with van der Waals surface area (Å²) < 4.78 is 10.9. The highest BCUT2D eigenvalue weighted by Gasteiger charge is 2.42. The van der Waals surface area contributed by atoms with E-state index in [0.717, 1.165) is 47.9 Å². The van der Waals surface area contributed by atoms with Crippen LogP contribution in [0.15, 0.2) is 90.1 Å². The Labute approximate surface area is 238 Å². The van der Waals surface area contributed by atoms with Crippen molar-refractivity contribution in [3.8, 4) is 17.1 Å². The molecular weight excluding hydrogens is 522 g/mol. The number of amides is 1. The van der Waals surface area contributed by atoms with Gasteiger partial charge in [-0.3, -0.25) is 5.32 Å². The van der Waals surface area contributed by atoms with E-state index in [1.165, 1.54) is 0 Å². The average molecular weight is 554 g/mol. The molecule has 1 aliphatic carbocycles. The number of nitrogens with one attached hydrogen (secondary N) is 1. The third kappa shape index (κ3) is 5.80. The third-order valence-electron chi connectivity index (χ3n) is 7.28. The first kappa shape index (κ1) is 26.3. The van der Waals surface area contributed by atoms with Crippen molar-refractivity contribution < 1.29 is 14.3 Å². The van der Waals surface area contributed by atoms with Gasteiger partial charge in [0.15, 0.2) is 5.82 Å². The van der Waals surface area contributed by atoms with Crippen LogP contribution in [-0.2, 0) is 9.48 Å². The third-order valence-corrected chi connectivity index (χ3v) is 8.74. The van der Waals surface area contributed by atoms with Gasteiger partial charge in [-0.25, -0.2) is 19.7 Å². The molecule has 1 amide bonds. The highest BCUT2D eigenvalue weighted by atomic mass is 32.2. The number of para-hydroxylation sites is 1. The fourth-order valence-corrected chi connectivity index (χ4v) is 6.33. The standard InChI is InChI=1S/C31H31N5O3S/c1-22-21-38-19-18-36(22)27-20-26(31(15-7-16-31)40-28-10-5-6-17-32-28)34-29(35-27)23-11-13-24(14-12-23)33-30(37)39-25-8-3-2-4-9-25/h2-6,8-14,17,20,22H,7,15-16,18-19,21H2,1H3,(H,33,37)/t22-/m0/s1. The topological polar surface area (TPSA) is 89.5 Å². The van der Waals surface area contributed by atoms with Crippen LogP contribution in [0.3, 0.4) is 0 Å². The summed E-state index contributed by atoms with van der Waals surface area (Å²) in [6.45, 7) is 4.29. The zero-order chi connectivity index (χ0) is 27.4. The van der Waals surface area contributed by atoms with Crippen LogP contribution in [0.25, 0.3) is 11.4 Å². The molecule has 8 nitrogen and oxygen atoms in total. The van der Waals surface area contributed by atoms with Crippen LogP contribution in [-0.4, -0.2) is 46.8 Å². The number of carbonyl (C=O) groups excluding carboxylic acids is 1. The van der Waals surface area contributed by atoms with Crippen LogP contribution in [0, 0.1) is 0 Å². The van der Waals surface area contributed by atoms with Crippen LogP contribution >= 0.6 is 11.8 Å². The molecule has 2 aliphatic rings. The lowest BCUT2D eigenvalue weighted by Gasteiger charge is -2.41. The summed E-state index contributed by atoms with van der Waals surface area (Å²) in [6, 6.07) is 24.9. The van der Waals surface area contributed by atoms with E-state index in [0.29, 0.717) is 30.5 Å². The Kier molecular flexibility index (Phi) is 7.66. The van der Waals surface area contributed by atoms with Crippen molar-refractivity contribution in [1.29, 1.82) is 0 Å². The van der Waals surface area contributed by atoms with E-state index in [1.54, 1.807) is 23.9 Å². The zero-order valence-corrected chi connectivity index (χ0v) is 23.1. The molecule has 3 heterocycles. The second kappa shape index (κ2) is 11.7. The van der Waals surface area contributed by atoms with Crippen LogP contribution in [0.2, 0.25) is 0 Å². The maximum absolute atomic E-state index is 12.4. The van der Waals surface area contributed by atoms with Crippen LogP contribution in [0.1, 0.15) is 31.9 Å². The lowest BCUT2D eigenvalue weighted by atomic mass is 9.81. The Morgan fingerprint density at radius 2 is 1.85 bits per heavy atom. The molecule has 1 aliphatic heterocycles. The van der Waals surface area contributed by atoms with Crippen molar-refractivity contribution in [2.45, 2.75) is 42.0 Å². The molecule has 2 fully saturated rings. The summed E-state index contributed by atoms with van der Waals surface area (Å²) in [5, 5.41) is 3.79. The smallest absolute Gasteiger partial charge is 0.410 e. The minimum Gasteiger partial charge on any atom is -0.410 e. The first-order chi connectivity index (χ1) is 19.6. The zero-order valence-electron chi connectivity index (χ0n) is 22.3. The average Bonchev–Trinajstić information content (AvgIpc) is 2.96. The molecule has 0 bridgehead atoms. The summed E-state index contributed by atoms with van der Waals surface area (Å²) in [5.41, 5.74) is 2.54. The van der Waals surface area contributed by atoms with E-state index < -0.39 is 6.09 Å². The SMILES string of the molecule is C[C@H]1COCCN1c1cc(C2(Sc3ccccn3)CCC2)nc(-c2ccc(NC(=O)Oc3ccccc3)cc2)n1. The summed E-state index contributed by atoms with van der Waals surface area (Å²) >= 11 is 1.79.